The van der Waals surface area contributed by atoms with Gasteiger partial charge < -0.3 is 24.9 Å². The number of carboxylic acid groups (broad SMARTS) is 1. The molecule has 0 aliphatic carbocycles. The maximum absolute atomic E-state index is 14.5. The van der Waals surface area contributed by atoms with Crippen molar-refractivity contribution in [2.45, 2.75) is 56.6 Å². The van der Waals surface area contributed by atoms with E-state index in [2.05, 4.69) is 0 Å². The lowest BCUT2D eigenvalue weighted by molar-refractivity contribution is -0.151. The van der Waals surface area contributed by atoms with Crippen LogP contribution in [0.4, 0.5) is 4.79 Å². The number of aliphatic carboxylic acids is 1. The molecule has 45 heavy (non-hydrogen) atoms. The largest absolute Gasteiger partial charge is 0.480 e. The summed E-state index contributed by atoms with van der Waals surface area (Å²) in [4.78, 5) is 45.4. The van der Waals surface area contributed by atoms with Crippen LogP contribution in [0.5, 0.6) is 0 Å². The molecule has 1 unspecified atom stereocenters. The second kappa shape index (κ2) is 13.8. The van der Waals surface area contributed by atoms with Gasteiger partial charge in [-0.05, 0) is 29.2 Å². The van der Waals surface area contributed by atoms with Gasteiger partial charge >= 0.3 is 12.0 Å². The van der Waals surface area contributed by atoms with E-state index < -0.39 is 41.6 Å². The Kier molecular flexibility index (Phi) is 9.64. The zero-order valence-electron chi connectivity index (χ0n) is 25.6. The number of carboxylic acids is 1. The molecule has 0 bridgehead atoms. The Morgan fingerprint density at radius 2 is 1.04 bits per heavy atom. The van der Waals surface area contributed by atoms with Gasteiger partial charge in [0.1, 0.15) is 6.04 Å². The molecule has 0 spiro atoms. The van der Waals surface area contributed by atoms with Crippen molar-refractivity contribution in [2.75, 3.05) is 7.05 Å². The van der Waals surface area contributed by atoms with Crippen molar-refractivity contribution in [1.82, 2.24) is 14.7 Å². The Labute approximate surface area is 264 Å². The van der Waals surface area contributed by atoms with Gasteiger partial charge in [-0.1, -0.05) is 121 Å². The Hall–Kier alpha value is -4.95. The smallest absolute Gasteiger partial charge is 0.329 e. The van der Waals surface area contributed by atoms with E-state index in [1.807, 2.05) is 121 Å². The minimum atomic E-state index is -1.43. The normalized spacial score (nSPS) is 17.3. The van der Waals surface area contributed by atoms with Crippen molar-refractivity contribution in [3.8, 4) is 0 Å². The number of hydrogen-bond donors (Lipinski definition) is 2. The number of hydrogen-bond acceptors (Lipinski definition) is 4. The van der Waals surface area contributed by atoms with E-state index in [1.54, 1.807) is 14.0 Å². The van der Waals surface area contributed by atoms with Crippen molar-refractivity contribution in [3.05, 3.63) is 144 Å². The quantitative estimate of drug-likeness (QED) is 0.237. The number of amides is 3. The first-order valence-corrected chi connectivity index (χ1v) is 15.1. The van der Waals surface area contributed by atoms with Gasteiger partial charge in [0, 0.05) is 33.0 Å². The van der Waals surface area contributed by atoms with Crippen LogP contribution in [0.3, 0.4) is 0 Å². The maximum atomic E-state index is 14.5. The standard InChI is InChI=1S/C37H39N3O5/c1-27(37(45,23-28-15-7-3-8-16-28)24-29-17-9-4-10-18-29)38(2)34(41)32-33(35(42)43)40(26-31-21-13-6-14-22-31)36(44)39(32)25-30-19-11-5-12-20-30/h3-22,27,32-33,45H,23-26H2,1-2H3,(H,42,43)/t27?,32-,33+/m0/s1. The topological polar surface area (TPSA) is 101 Å². The number of carbonyl (C=O) groups is 3. The number of carbonyl (C=O) groups excluding carboxylic acids is 2. The lowest BCUT2D eigenvalue weighted by Gasteiger charge is -2.41. The summed E-state index contributed by atoms with van der Waals surface area (Å²) in [5.41, 5.74) is 1.94. The second-order valence-corrected chi connectivity index (χ2v) is 11.8. The third kappa shape index (κ3) is 7.07. The minimum Gasteiger partial charge on any atom is -0.480 e. The summed E-state index contributed by atoms with van der Waals surface area (Å²) >= 11 is 0. The molecular weight excluding hydrogens is 566 g/mol. The molecule has 3 amide bonds. The minimum absolute atomic E-state index is 0.0386. The molecule has 8 nitrogen and oxygen atoms in total. The molecule has 1 saturated heterocycles. The Morgan fingerprint density at radius 1 is 0.689 bits per heavy atom. The maximum Gasteiger partial charge on any atom is 0.329 e. The predicted octanol–water partition coefficient (Wildman–Crippen LogP) is 5.01. The molecule has 0 aromatic heterocycles. The zero-order valence-corrected chi connectivity index (χ0v) is 25.6. The van der Waals surface area contributed by atoms with Gasteiger partial charge in [0.15, 0.2) is 6.04 Å². The Morgan fingerprint density at radius 3 is 1.42 bits per heavy atom. The predicted molar refractivity (Wildman–Crippen MR) is 172 cm³/mol. The van der Waals surface area contributed by atoms with Crippen LogP contribution in [0.15, 0.2) is 121 Å². The van der Waals surface area contributed by atoms with E-state index in [4.69, 9.17) is 0 Å². The summed E-state index contributed by atoms with van der Waals surface area (Å²) in [5.74, 6) is -1.81. The molecule has 0 radical (unpaired) electrons. The number of nitrogens with zero attached hydrogens (tertiary/aromatic N) is 3. The molecule has 1 aliphatic rings. The second-order valence-electron chi connectivity index (χ2n) is 11.8. The van der Waals surface area contributed by atoms with E-state index in [1.165, 1.54) is 14.7 Å². The summed E-state index contributed by atoms with van der Waals surface area (Å²) in [6, 6.07) is 33.5. The summed E-state index contributed by atoms with van der Waals surface area (Å²) in [7, 11) is 1.58. The fourth-order valence-electron chi connectivity index (χ4n) is 6.19. The van der Waals surface area contributed by atoms with Crippen molar-refractivity contribution in [3.63, 3.8) is 0 Å². The summed E-state index contributed by atoms with van der Waals surface area (Å²) < 4.78 is 0. The molecule has 4 aromatic rings. The molecule has 5 rings (SSSR count). The number of rotatable bonds is 12. The monoisotopic (exact) mass is 605 g/mol. The van der Waals surface area contributed by atoms with Crippen LogP contribution in [0, 0.1) is 0 Å². The van der Waals surface area contributed by atoms with E-state index >= 15 is 0 Å². The number of urea groups is 1. The Balaban J connectivity index is 1.50. The average Bonchev–Trinajstić information content (AvgIpc) is 3.32. The van der Waals surface area contributed by atoms with Crippen molar-refractivity contribution >= 4 is 17.9 Å². The van der Waals surface area contributed by atoms with Crippen LogP contribution in [0.1, 0.15) is 29.2 Å². The van der Waals surface area contributed by atoms with E-state index in [0.717, 1.165) is 22.3 Å². The van der Waals surface area contributed by atoms with Crippen LogP contribution in [-0.2, 0) is 35.5 Å². The fourth-order valence-corrected chi connectivity index (χ4v) is 6.19. The third-order valence-electron chi connectivity index (χ3n) is 8.77. The molecular formula is C37H39N3O5. The van der Waals surface area contributed by atoms with Gasteiger partial charge in [0.2, 0.25) is 5.91 Å². The van der Waals surface area contributed by atoms with Gasteiger partial charge in [-0.15, -0.1) is 0 Å². The van der Waals surface area contributed by atoms with Gasteiger partial charge in [0.25, 0.3) is 0 Å². The van der Waals surface area contributed by atoms with Crippen molar-refractivity contribution < 1.29 is 24.6 Å². The van der Waals surface area contributed by atoms with Crippen molar-refractivity contribution in [2.24, 2.45) is 0 Å². The molecule has 4 aromatic carbocycles. The van der Waals surface area contributed by atoms with E-state index in [0.29, 0.717) is 0 Å². The first kappa shape index (κ1) is 31.5. The molecule has 2 N–H and O–H groups in total. The summed E-state index contributed by atoms with van der Waals surface area (Å²) in [5, 5.41) is 22.8. The summed E-state index contributed by atoms with van der Waals surface area (Å²) in [6.07, 6.45) is 0.530. The van der Waals surface area contributed by atoms with E-state index in [-0.39, 0.29) is 25.9 Å². The lowest BCUT2D eigenvalue weighted by atomic mass is 9.81. The fraction of sp³-hybridized carbons (Fsp3) is 0.270. The van der Waals surface area contributed by atoms with Crippen LogP contribution in [0.2, 0.25) is 0 Å². The molecule has 1 heterocycles. The first-order valence-electron chi connectivity index (χ1n) is 15.1. The van der Waals surface area contributed by atoms with Gasteiger partial charge in [-0.2, -0.15) is 0 Å². The van der Waals surface area contributed by atoms with Crippen LogP contribution in [-0.4, -0.2) is 73.6 Å². The molecule has 8 heteroatoms. The Bertz CT molecular complexity index is 1540. The van der Waals surface area contributed by atoms with Crippen LogP contribution in [0.25, 0.3) is 0 Å². The van der Waals surface area contributed by atoms with E-state index in [9.17, 15) is 24.6 Å². The first-order chi connectivity index (χ1) is 21.7. The van der Waals surface area contributed by atoms with Gasteiger partial charge in [0.05, 0.1) is 11.6 Å². The number of aliphatic hydroxyl groups is 1. The lowest BCUT2D eigenvalue weighted by Crippen LogP contribution is -2.60. The summed E-state index contributed by atoms with van der Waals surface area (Å²) in [6.45, 7) is 1.88. The molecule has 0 saturated carbocycles. The highest BCUT2D eigenvalue weighted by atomic mass is 16.4. The van der Waals surface area contributed by atoms with Crippen molar-refractivity contribution in [1.29, 1.82) is 0 Å². The SMILES string of the molecule is CC(N(C)C(=O)[C@@H]1[C@H](C(=O)O)N(Cc2ccccc2)C(=O)N1Cc1ccccc1)C(O)(Cc1ccccc1)Cc1ccccc1. The molecule has 3 atom stereocenters. The van der Waals surface area contributed by atoms with Gasteiger partial charge in [-0.25, -0.2) is 9.59 Å². The zero-order chi connectivity index (χ0) is 32.0. The molecule has 1 aliphatic heterocycles. The highest BCUT2D eigenvalue weighted by molar-refractivity contribution is 5.98. The third-order valence-corrected chi connectivity index (χ3v) is 8.77. The molecule has 232 valence electrons. The average molecular weight is 606 g/mol. The highest BCUT2D eigenvalue weighted by Crippen LogP contribution is 2.32. The molecule has 1 fully saturated rings. The highest BCUT2D eigenvalue weighted by Gasteiger charge is 2.55. The van der Waals surface area contributed by atoms with Crippen LogP contribution < -0.4 is 0 Å². The van der Waals surface area contributed by atoms with Gasteiger partial charge in [-0.3, -0.25) is 4.79 Å². The number of benzene rings is 4. The van der Waals surface area contributed by atoms with Crippen LogP contribution >= 0.6 is 0 Å². The number of likely N-dealkylation sites (N-methyl/N-ethyl adjacent to an activating group) is 1.